The van der Waals surface area contributed by atoms with Crippen LogP contribution in [0.4, 0.5) is 0 Å². The molecule has 0 fully saturated rings. The summed E-state index contributed by atoms with van der Waals surface area (Å²) in [7, 11) is 0. The molecule has 0 aliphatic rings. The number of fused-ring (bicyclic) bond motifs is 9. The molecule has 210 valence electrons. The van der Waals surface area contributed by atoms with Crippen LogP contribution < -0.4 is 0 Å². The van der Waals surface area contributed by atoms with E-state index in [0.29, 0.717) is 11.5 Å². The third-order valence-corrected chi connectivity index (χ3v) is 8.83. The molecule has 0 spiro atoms. The summed E-state index contributed by atoms with van der Waals surface area (Å²) in [4.78, 5) is 10.3. The van der Waals surface area contributed by atoms with Crippen LogP contribution in [0, 0.1) is 0 Å². The average molecular weight is 578 g/mol. The van der Waals surface area contributed by atoms with Gasteiger partial charge in [0.05, 0.1) is 22.1 Å². The number of para-hydroxylation sites is 3. The molecule has 0 radical (unpaired) electrons. The van der Waals surface area contributed by atoms with Crippen LogP contribution >= 0.6 is 0 Å². The first-order valence-electron chi connectivity index (χ1n) is 15.0. The molecule has 0 N–H and O–H groups in total. The highest BCUT2D eigenvalue weighted by Gasteiger charge is 2.23. The van der Waals surface area contributed by atoms with Gasteiger partial charge in [-0.15, -0.1) is 0 Å². The summed E-state index contributed by atoms with van der Waals surface area (Å²) in [6.07, 6.45) is 0. The summed E-state index contributed by atoms with van der Waals surface area (Å²) in [5.41, 5.74) is 9.05. The van der Waals surface area contributed by atoms with E-state index in [-0.39, 0.29) is 0 Å². The lowest BCUT2D eigenvalue weighted by atomic mass is 9.99. The lowest BCUT2D eigenvalue weighted by molar-refractivity contribution is 0.654. The summed E-state index contributed by atoms with van der Waals surface area (Å²) in [5, 5.41) is 6.28. The quantitative estimate of drug-likeness (QED) is 0.210. The fourth-order valence-electron chi connectivity index (χ4n) is 6.88. The molecule has 10 aromatic rings. The Bertz CT molecular complexity index is 2750. The Morgan fingerprint density at radius 1 is 0.467 bits per heavy atom. The van der Waals surface area contributed by atoms with Gasteiger partial charge in [-0.2, -0.15) is 4.98 Å². The minimum absolute atomic E-state index is 0.557. The smallest absolute Gasteiger partial charge is 0.231 e. The van der Waals surface area contributed by atoms with Gasteiger partial charge in [0.15, 0.2) is 5.82 Å². The number of nitrogens with zero attached hydrogens (tertiary/aromatic N) is 3. The van der Waals surface area contributed by atoms with E-state index in [1.54, 1.807) is 0 Å². The third kappa shape index (κ3) is 3.49. The van der Waals surface area contributed by atoms with Gasteiger partial charge < -0.3 is 13.4 Å². The Morgan fingerprint density at radius 2 is 1.20 bits per heavy atom. The molecular formula is C40H23N3O2. The van der Waals surface area contributed by atoms with Crippen molar-refractivity contribution in [2.24, 2.45) is 0 Å². The number of hydrogen-bond donors (Lipinski definition) is 0. The maximum Gasteiger partial charge on any atom is 0.231 e. The molecule has 5 nitrogen and oxygen atoms in total. The number of aromatic nitrogens is 3. The molecule has 45 heavy (non-hydrogen) atoms. The SMILES string of the molecule is c1ccc(-c2nc(-c3cccc4oc5ccccc5c34)c3c(n2)oc2cc4c(cc23)c2ccccc2n4-c2ccccc2)cc1. The summed E-state index contributed by atoms with van der Waals surface area (Å²) in [5.74, 6) is 0.616. The van der Waals surface area contributed by atoms with E-state index in [9.17, 15) is 0 Å². The van der Waals surface area contributed by atoms with Crippen molar-refractivity contribution in [3.8, 4) is 28.3 Å². The van der Waals surface area contributed by atoms with Crippen LogP contribution in [-0.2, 0) is 0 Å². The van der Waals surface area contributed by atoms with Gasteiger partial charge in [0.2, 0.25) is 5.71 Å². The van der Waals surface area contributed by atoms with Crippen LogP contribution in [0.1, 0.15) is 0 Å². The second kappa shape index (κ2) is 9.15. The van der Waals surface area contributed by atoms with Gasteiger partial charge >= 0.3 is 0 Å². The molecule has 5 heteroatoms. The molecule has 0 bridgehead atoms. The molecule has 0 amide bonds. The monoisotopic (exact) mass is 577 g/mol. The zero-order chi connectivity index (χ0) is 29.5. The van der Waals surface area contributed by atoms with E-state index < -0.39 is 0 Å². The van der Waals surface area contributed by atoms with Crippen LogP contribution in [0.25, 0.3) is 94.1 Å². The van der Waals surface area contributed by atoms with Gasteiger partial charge in [-0.1, -0.05) is 97.1 Å². The van der Waals surface area contributed by atoms with E-state index >= 15 is 0 Å². The second-order valence-corrected chi connectivity index (χ2v) is 11.4. The minimum atomic E-state index is 0.557. The molecule has 0 saturated carbocycles. The van der Waals surface area contributed by atoms with Crippen molar-refractivity contribution in [2.75, 3.05) is 0 Å². The molecule has 4 aromatic heterocycles. The van der Waals surface area contributed by atoms with Gasteiger partial charge in [-0.3, -0.25) is 0 Å². The van der Waals surface area contributed by atoms with Gasteiger partial charge in [0.25, 0.3) is 0 Å². The van der Waals surface area contributed by atoms with Crippen LogP contribution in [0.3, 0.4) is 0 Å². The zero-order valence-corrected chi connectivity index (χ0v) is 23.9. The first kappa shape index (κ1) is 24.3. The highest BCUT2D eigenvalue weighted by Crippen LogP contribution is 2.44. The normalized spacial score (nSPS) is 12.0. The highest BCUT2D eigenvalue weighted by atomic mass is 16.3. The van der Waals surface area contributed by atoms with Gasteiger partial charge in [-0.05, 0) is 36.4 Å². The van der Waals surface area contributed by atoms with Crippen LogP contribution in [0.15, 0.2) is 148 Å². The van der Waals surface area contributed by atoms with E-state index in [2.05, 4.69) is 77.4 Å². The van der Waals surface area contributed by atoms with Crippen molar-refractivity contribution in [3.05, 3.63) is 140 Å². The van der Waals surface area contributed by atoms with Crippen molar-refractivity contribution in [1.29, 1.82) is 0 Å². The summed E-state index contributed by atoms with van der Waals surface area (Å²) < 4.78 is 15.3. The van der Waals surface area contributed by atoms with E-state index in [1.807, 2.05) is 66.7 Å². The predicted octanol–water partition coefficient (Wildman–Crippen LogP) is 10.7. The maximum atomic E-state index is 6.66. The molecule has 0 atom stereocenters. The summed E-state index contributed by atoms with van der Waals surface area (Å²) in [6.45, 7) is 0. The Kier molecular flexibility index (Phi) is 4.93. The number of furan rings is 2. The summed E-state index contributed by atoms with van der Waals surface area (Å²) in [6, 6.07) is 47.8. The number of hydrogen-bond acceptors (Lipinski definition) is 4. The third-order valence-electron chi connectivity index (χ3n) is 8.83. The van der Waals surface area contributed by atoms with Gasteiger partial charge in [-0.25, -0.2) is 4.98 Å². The largest absolute Gasteiger partial charge is 0.456 e. The second-order valence-electron chi connectivity index (χ2n) is 11.4. The van der Waals surface area contributed by atoms with Crippen molar-refractivity contribution in [3.63, 3.8) is 0 Å². The molecular weight excluding hydrogens is 554 g/mol. The Labute approximate surface area is 256 Å². The lowest BCUT2D eigenvalue weighted by Gasteiger charge is -2.08. The van der Waals surface area contributed by atoms with Crippen molar-refractivity contribution in [2.45, 2.75) is 0 Å². The first-order chi connectivity index (χ1) is 22.3. The van der Waals surface area contributed by atoms with Gasteiger partial charge in [0, 0.05) is 49.8 Å². The van der Waals surface area contributed by atoms with Gasteiger partial charge in [0.1, 0.15) is 16.7 Å². The molecule has 0 aliphatic heterocycles. The molecule has 6 aromatic carbocycles. The minimum Gasteiger partial charge on any atom is -0.456 e. The molecule has 0 saturated heterocycles. The topological polar surface area (TPSA) is 57.0 Å². The lowest BCUT2D eigenvalue weighted by Crippen LogP contribution is -1.94. The average Bonchev–Trinajstić information content (AvgIpc) is 3.76. The zero-order valence-electron chi connectivity index (χ0n) is 23.9. The van der Waals surface area contributed by atoms with E-state index in [0.717, 1.165) is 77.2 Å². The van der Waals surface area contributed by atoms with Crippen LogP contribution in [-0.4, -0.2) is 14.5 Å². The molecule has 4 heterocycles. The Balaban J connectivity index is 1.36. The Hall–Kier alpha value is -6.20. The fraction of sp³-hybridized carbons (Fsp3) is 0. The number of benzene rings is 6. The van der Waals surface area contributed by atoms with Crippen LogP contribution in [0.2, 0.25) is 0 Å². The van der Waals surface area contributed by atoms with E-state index in [1.165, 1.54) is 5.39 Å². The van der Waals surface area contributed by atoms with Crippen molar-refractivity contribution >= 4 is 65.8 Å². The molecule has 0 aliphatic carbocycles. The van der Waals surface area contributed by atoms with E-state index in [4.69, 9.17) is 18.8 Å². The Morgan fingerprint density at radius 3 is 2.07 bits per heavy atom. The highest BCUT2D eigenvalue weighted by molar-refractivity contribution is 6.21. The maximum absolute atomic E-state index is 6.66. The molecule has 0 unspecified atom stereocenters. The van der Waals surface area contributed by atoms with Crippen LogP contribution in [0.5, 0.6) is 0 Å². The standard InChI is InChI=1S/C40H23N3O2/c1-3-12-24(13-4-1)39-41-38(28-18-11-21-34-36(28)27-17-8-10-20-33(27)44-34)37-30-22-29-26-16-7-9-19-31(26)43(25-14-5-2-6-15-25)32(29)23-35(30)45-40(37)42-39/h1-23H. The molecule has 10 rings (SSSR count). The van der Waals surface area contributed by atoms with Crippen molar-refractivity contribution < 1.29 is 8.83 Å². The predicted molar refractivity (Wildman–Crippen MR) is 182 cm³/mol. The number of rotatable bonds is 3. The summed E-state index contributed by atoms with van der Waals surface area (Å²) >= 11 is 0. The van der Waals surface area contributed by atoms with Crippen molar-refractivity contribution in [1.82, 2.24) is 14.5 Å². The fourth-order valence-corrected chi connectivity index (χ4v) is 6.88. The first-order valence-corrected chi connectivity index (χ1v) is 15.0.